The Morgan fingerprint density at radius 3 is 1.54 bits per heavy atom. The van der Waals surface area contributed by atoms with Crippen LogP contribution in [0.4, 0.5) is 0 Å². The topological polar surface area (TPSA) is 80.3 Å². The third kappa shape index (κ3) is 34.8. The van der Waals surface area contributed by atoms with Crippen molar-refractivity contribution in [2.75, 3.05) is 0 Å². The zero-order valence-corrected chi connectivity index (χ0v) is 21.1. The second kappa shape index (κ2) is 26.8. The van der Waals surface area contributed by atoms with Crippen LogP contribution in [0.1, 0.15) is 85.5 Å². The van der Waals surface area contributed by atoms with Crippen molar-refractivity contribution < 1.29 is 97.8 Å². The van der Waals surface area contributed by atoms with Gasteiger partial charge in [-0.1, -0.05) is 65.7 Å². The van der Waals surface area contributed by atoms with Gasteiger partial charge in [-0.25, -0.2) is 0 Å². The van der Waals surface area contributed by atoms with Gasteiger partial charge >= 0.3 is 78.0 Å². The van der Waals surface area contributed by atoms with Crippen LogP contribution in [0.2, 0.25) is 0 Å². The third-order valence-corrected chi connectivity index (χ3v) is 3.45. The number of carbonyl (C=O) groups excluding carboxylic acids is 2. The third-order valence-electron chi connectivity index (χ3n) is 3.45. The second-order valence-electron chi connectivity index (χ2n) is 5.79. The molecule has 0 amide bonds. The molecule has 0 aromatic heterocycles. The molecule has 0 spiro atoms. The smallest absolute Gasteiger partial charge is 0.550 e. The number of carboxylic acids is 2. The normalized spacial score (nSPS) is 9.08. The van der Waals surface area contributed by atoms with Gasteiger partial charge in [0.25, 0.3) is 0 Å². The Morgan fingerprint density at radius 1 is 0.875 bits per heavy atom. The van der Waals surface area contributed by atoms with Crippen LogP contribution >= 0.6 is 0 Å². The molecule has 0 unspecified atom stereocenters. The first kappa shape index (κ1) is 36.5. The van der Waals surface area contributed by atoms with Crippen LogP contribution in [-0.4, -0.2) is 11.9 Å². The Bertz CT molecular complexity index is 265. The SMILES string of the molecule is CCCCCCCCC[C-](C)C(C)C.O=C([O-])CC(=O)[O-].[Li+].[Na+].[Na+]. The quantitative estimate of drug-likeness (QED) is 0.160. The van der Waals surface area contributed by atoms with Crippen molar-refractivity contribution in [3.8, 4) is 0 Å². The van der Waals surface area contributed by atoms with E-state index in [2.05, 4.69) is 27.7 Å². The van der Waals surface area contributed by atoms with Crippen LogP contribution in [0.3, 0.4) is 0 Å². The molecule has 0 aromatic rings. The summed E-state index contributed by atoms with van der Waals surface area (Å²) in [7, 11) is 0. The van der Waals surface area contributed by atoms with Crippen LogP contribution in [0, 0.1) is 11.8 Å². The zero-order valence-electron chi connectivity index (χ0n) is 17.1. The molecule has 0 N–H and O–H groups in total. The van der Waals surface area contributed by atoms with E-state index in [1.54, 1.807) is 5.92 Å². The fourth-order valence-electron chi connectivity index (χ4n) is 1.77. The van der Waals surface area contributed by atoms with Crippen molar-refractivity contribution in [2.45, 2.75) is 85.5 Å². The summed E-state index contributed by atoms with van der Waals surface area (Å²) >= 11 is 0. The molecule has 0 fully saturated rings. The summed E-state index contributed by atoms with van der Waals surface area (Å²) in [5.41, 5.74) is 0. The van der Waals surface area contributed by atoms with Gasteiger partial charge in [0.2, 0.25) is 0 Å². The van der Waals surface area contributed by atoms with E-state index >= 15 is 0 Å². The van der Waals surface area contributed by atoms with Gasteiger partial charge in [-0.2, -0.15) is 19.3 Å². The van der Waals surface area contributed by atoms with Crippen molar-refractivity contribution >= 4 is 11.9 Å². The maximum atomic E-state index is 9.28. The number of carboxylic acid groups (broad SMARTS) is 2. The molecule has 7 heteroatoms. The van der Waals surface area contributed by atoms with Crippen LogP contribution in [0.15, 0.2) is 0 Å². The molecule has 24 heavy (non-hydrogen) atoms. The Morgan fingerprint density at radius 2 is 1.25 bits per heavy atom. The summed E-state index contributed by atoms with van der Waals surface area (Å²) in [5, 5.41) is 18.6. The van der Waals surface area contributed by atoms with Crippen LogP contribution in [0.5, 0.6) is 0 Å². The molecule has 126 valence electrons. The van der Waals surface area contributed by atoms with Crippen molar-refractivity contribution in [3.63, 3.8) is 0 Å². The van der Waals surface area contributed by atoms with Gasteiger partial charge in [-0.15, -0.1) is 0 Å². The number of rotatable bonds is 11. The molecule has 0 saturated carbocycles. The zero-order chi connectivity index (χ0) is 16.7. The van der Waals surface area contributed by atoms with Crippen molar-refractivity contribution in [3.05, 3.63) is 5.92 Å². The van der Waals surface area contributed by atoms with Gasteiger partial charge < -0.3 is 25.7 Å². The van der Waals surface area contributed by atoms with E-state index in [1.165, 1.54) is 51.4 Å². The predicted octanol–water partition coefficient (Wildman–Crippen LogP) is -6.73. The summed E-state index contributed by atoms with van der Waals surface area (Å²) < 4.78 is 0. The number of hydrogen-bond acceptors (Lipinski definition) is 4. The standard InChI is InChI=1S/C14H29.C3H4O4.Li.2Na/c1-5-6-7-8-9-10-11-12-14(4)13(2)3;4-2(5)1-3(6)7;;;/h13H,5-12H2,1-4H3;1H2,(H,4,5)(H,6,7);;;/q-1;;3*+1/p-2. The largest absolute Gasteiger partial charge is 1.00 e. The summed E-state index contributed by atoms with van der Waals surface area (Å²) in [4.78, 5) is 18.6. The van der Waals surface area contributed by atoms with Crippen LogP contribution < -0.4 is 88.2 Å². The fraction of sp³-hybridized carbons (Fsp3) is 0.824. The van der Waals surface area contributed by atoms with Crippen LogP contribution in [-0.2, 0) is 9.59 Å². The molecule has 0 saturated heterocycles. The van der Waals surface area contributed by atoms with E-state index in [0.29, 0.717) is 0 Å². The number of carbonyl (C=O) groups is 2. The molecular weight excluding hydrogens is 321 g/mol. The van der Waals surface area contributed by atoms with E-state index in [1.807, 2.05) is 0 Å². The Hall–Kier alpha value is 1.54. The van der Waals surface area contributed by atoms with Gasteiger partial charge in [-0.05, 0) is 0 Å². The van der Waals surface area contributed by atoms with E-state index in [-0.39, 0.29) is 78.0 Å². The average molecular weight is 352 g/mol. The fourth-order valence-corrected chi connectivity index (χ4v) is 1.77. The summed E-state index contributed by atoms with van der Waals surface area (Å²) in [6.45, 7) is 9.19. The number of aliphatic carboxylic acids is 2. The van der Waals surface area contributed by atoms with E-state index in [4.69, 9.17) is 0 Å². The molecule has 0 aromatic carbocycles. The van der Waals surface area contributed by atoms with Crippen molar-refractivity contribution in [1.82, 2.24) is 0 Å². The average Bonchev–Trinajstić information content (AvgIpc) is 2.36. The first-order chi connectivity index (χ1) is 9.81. The first-order valence-corrected chi connectivity index (χ1v) is 8.03. The minimum Gasteiger partial charge on any atom is -0.550 e. The summed E-state index contributed by atoms with van der Waals surface area (Å²) in [6, 6.07) is 0. The summed E-state index contributed by atoms with van der Waals surface area (Å²) in [5.74, 6) is -0.784. The van der Waals surface area contributed by atoms with E-state index in [0.717, 1.165) is 5.92 Å². The number of hydrogen-bond donors (Lipinski definition) is 0. The van der Waals surface area contributed by atoms with Gasteiger partial charge in [0.15, 0.2) is 0 Å². The van der Waals surface area contributed by atoms with Gasteiger partial charge in [0.1, 0.15) is 0 Å². The number of unbranched alkanes of at least 4 members (excludes halogenated alkanes) is 6. The molecule has 0 aliphatic heterocycles. The van der Waals surface area contributed by atoms with E-state index in [9.17, 15) is 19.8 Å². The minimum atomic E-state index is -1.63. The van der Waals surface area contributed by atoms with Gasteiger partial charge in [0.05, 0.1) is 0 Å². The van der Waals surface area contributed by atoms with Crippen molar-refractivity contribution in [1.29, 1.82) is 0 Å². The Kier molecular flexibility index (Phi) is 40.7. The molecular formula is C17H31LiNa2O4. The molecule has 0 heterocycles. The Balaban J connectivity index is -0.000000105. The van der Waals surface area contributed by atoms with Crippen LogP contribution in [0.25, 0.3) is 0 Å². The molecule has 0 atom stereocenters. The first-order valence-electron chi connectivity index (χ1n) is 8.03. The molecule has 4 nitrogen and oxygen atoms in total. The Labute approximate surface area is 205 Å². The second-order valence-corrected chi connectivity index (χ2v) is 5.79. The molecule has 0 rings (SSSR count). The van der Waals surface area contributed by atoms with Gasteiger partial charge in [-0.3, -0.25) is 0 Å². The van der Waals surface area contributed by atoms with E-state index < -0.39 is 18.4 Å². The van der Waals surface area contributed by atoms with Crippen molar-refractivity contribution in [2.24, 2.45) is 5.92 Å². The molecule has 0 aliphatic carbocycles. The summed E-state index contributed by atoms with van der Waals surface area (Å²) in [6.07, 6.45) is 10.3. The molecule has 0 radical (unpaired) electrons. The maximum Gasteiger partial charge on any atom is 1.00 e. The minimum absolute atomic E-state index is 0. The predicted molar refractivity (Wildman–Crippen MR) is 81.0 cm³/mol. The monoisotopic (exact) mass is 352 g/mol. The molecule has 0 aliphatic rings. The molecule has 0 bridgehead atoms. The van der Waals surface area contributed by atoms with Gasteiger partial charge in [0, 0.05) is 18.4 Å². The maximum absolute atomic E-state index is 9.28.